The largest absolute Gasteiger partial charge is 0.426 e. The van der Waals surface area contributed by atoms with Crippen molar-refractivity contribution in [3.8, 4) is 11.8 Å². The predicted molar refractivity (Wildman–Crippen MR) is 89.9 cm³/mol. The van der Waals surface area contributed by atoms with Crippen molar-refractivity contribution in [3.05, 3.63) is 69.3 Å². The molecule has 0 fully saturated rings. The van der Waals surface area contributed by atoms with Crippen LogP contribution < -0.4 is 4.74 Å². The van der Waals surface area contributed by atoms with Crippen molar-refractivity contribution < 1.29 is 24.0 Å². The van der Waals surface area contributed by atoms with Crippen molar-refractivity contribution in [2.75, 3.05) is 6.54 Å². The lowest BCUT2D eigenvalue weighted by molar-refractivity contribution is -0.385. The Balaban J connectivity index is 1.68. The van der Waals surface area contributed by atoms with E-state index in [0.29, 0.717) is 5.56 Å². The number of carbonyl (C=O) groups is 3. The van der Waals surface area contributed by atoms with E-state index < -0.39 is 28.4 Å². The number of amides is 2. The maximum atomic E-state index is 12.4. The van der Waals surface area contributed by atoms with Crippen LogP contribution in [0.15, 0.2) is 42.5 Å². The van der Waals surface area contributed by atoms with Gasteiger partial charge in [-0.2, -0.15) is 5.26 Å². The summed E-state index contributed by atoms with van der Waals surface area (Å²) in [5.41, 5.74) is -0.376. The number of benzene rings is 2. The van der Waals surface area contributed by atoms with Crippen molar-refractivity contribution in [3.63, 3.8) is 0 Å². The minimum Gasteiger partial charge on any atom is -0.426 e. The quantitative estimate of drug-likeness (QED) is 0.260. The summed E-state index contributed by atoms with van der Waals surface area (Å²) in [7, 11) is 0. The van der Waals surface area contributed by atoms with Gasteiger partial charge in [-0.1, -0.05) is 6.07 Å². The topological polar surface area (TPSA) is 131 Å². The van der Waals surface area contributed by atoms with E-state index in [4.69, 9.17) is 10.00 Å². The van der Waals surface area contributed by atoms with Crippen LogP contribution in [0.25, 0.3) is 0 Å². The molecule has 0 aromatic heterocycles. The second-order valence-corrected chi connectivity index (χ2v) is 5.58. The molecule has 27 heavy (non-hydrogen) atoms. The van der Waals surface area contributed by atoms with Gasteiger partial charge in [-0.05, 0) is 30.3 Å². The summed E-state index contributed by atoms with van der Waals surface area (Å²) in [4.78, 5) is 47.8. The third-order valence-electron chi connectivity index (χ3n) is 3.93. The number of nitrogens with zero attached hydrogens (tertiary/aromatic N) is 3. The fourth-order valence-corrected chi connectivity index (χ4v) is 2.65. The van der Waals surface area contributed by atoms with Gasteiger partial charge in [0.15, 0.2) is 0 Å². The Labute approximate surface area is 152 Å². The average Bonchev–Trinajstić information content (AvgIpc) is 2.91. The van der Waals surface area contributed by atoms with E-state index in [1.54, 1.807) is 0 Å². The molecule has 9 nitrogen and oxygen atoms in total. The zero-order valence-corrected chi connectivity index (χ0v) is 13.7. The third kappa shape index (κ3) is 3.36. The molecule has 1 aliphatic rings. The molecule has 3 rings (SSSR count). The SMILES string of the molecule is N#Cc1ccc(OC(=O)CCN2C(=O)c3cccc([N+](=O)[O-])c3C2=O)cc1. The number of nitriles is 1. The van der Waals surface area contributed by atoms with Crippen LogP contribution in [-0.2, 0) is 4.79 Å². The van der Waals surface area contributed by atoms with Crippen LogP contribution in [-0.4, -0.2) is 34.2 Å². The van der Waals surface area contributed by atoms with Crippen molar-refractivity contribution >= 4 is 23.5 Å². The summed E-state index contributed by atoms with van der Waals surface area (Å²) >= 11 is 0. The standard InChI is InChI=1S/C18H11N3O6/c19-10-11-4-6-12(7-5-11)27-15(22)8-9-20-17(23)13-2-1-3-14(21(25)26)16(13)18(20)24/h1-7H,8-9H2. The van der Waals surface area contributed by atoms with Gasteiger partial charge in [-0.15, -0.1) is 0 Å². The Morgan fingerprint density at radius 1 is 1.15 bits per heavy atom. The molecule has 2 aromatic rings. The number of imide groups is 1. The van der Waals surface area contributed by atoms with Crippen LogP contribution in [0.3, 0.4) is 0 Å². The summed E-state index contributed by atoms with van der Waals surface area (Å²) in [5, 5.41) is 19.8. The van der Waals surface area contributed by atoms with Crippen molar-refractivity contribution in [2.45, 2.75) is 6.42 Å². The van der Waals surface area contributed by atoms with Gasteiger partial charge in [0.05, 0.1) is 28.5 Å². The normalized spacial score (nSPS) is 12.5. The summed E-state index contributed by atoms with van der Waals surface area (Å²) < 4.78 is 5.08. The fourth-order valence-electron chi connectivity index (χ4n) is 2.65. The van der Waals surface area contributed by atoms with Gasteiger partial charge >= 0.3 is 5.97 Å². The van der Waals surface area contributed by atoms with Crippen LogP contribution in [0.2, 0.25) is 0 Å². The van der Waals surface area contributed by atoms with E-state index in [0.717, 1.165) is 11.0 Å². The zero-order valence-electron chi connectivity index (χ0n) is 13.7. The first-order chi connectivity index (χ1) is 12.9. The fraction of sp³-hybridized carbons (Fsp3) is 0.111. The van der Waals surface area contributed by atoms with E-state index in [1.165, 1.54) is 36.4 Å². The number of hydrogen-bond donors (Lipinski definition) is 0. The number of nitro benzene ring substituents is 1. The minimum absolute atomic E-state index is 0.0605. The van der Waals surface area contributed by atoms with E-state index in [2.05, 4.69) is 0 Å². The summed E-state index contributed by atoms with van der Waals surface area (Å²) in [6.45, 7) is -0.265. The number of rotatable bonds is 5. The Kier molecular flexibility index (Phi) is 4.64. The molecule has 0 unspecified atom stereocenters. The van der Waals surface area contributed by atoms with Crippen LogP contribution in [0.5, 0.6) is 5.75 Å². The summed E-state index contributed by atoms with van der Waals surface area (Å²) in [5.74, 6) is -1.97. The maximum absolute atomic E-state index is 12.4. The highest BCUT2D eigenvalue weighted by molar-refractivity contribution is 6.23. The first-order valence-corrected chi connectivity index (χ1v) is 7.77. The second kappa shape index (κ2) is 7.05. The molecule has 2 aromatic carbocycles. The van der Waals surface area contributed by atoms with Crippen LogP contribution in [0.1, 0.15) is 32.7 Å². The highest BCUT2D eigenvalue weighted by Gasteiger charge is 2.40. The number of nitro groups is 1. The first-order valence-electron chi connectivity index (χ1n) is 7.77. The van der Waals surface area contributed by atoms with Gasteiger partial charge in [-0.25, -0.2) is 0 Å². The van der Waals surface area contributed by atoms with Crippen molar-refractivity contribution in [1.29, 1.82) is 5.26 Å². The van der Waals surface area contributed by atoms with Gasteiger partial charge in [0, 0.05) is 12.6 Å². The molecule has 0 radical (unpaired) electrons. The van der Waals surface area contributed by atoms with Crippen LogP contribution in [0, 0.1) is 21.4 Å². The highest BCUT2D eigenvalue weighted by atomic mass is 16.6. The average molecular weight is 365 g/mol. The molecule has 0 spiro atoms. The Hall–Kier alpha value is -4.06. The molecule has 1 heterocycles. The van der Waals surface area contributed by atoms with Crippen molar-refractivity contribution in [1.82, 2.24) is 4.90 Å². The molecular formula is C18H11N3O6. The lowest BCUT2D eigenvalue weighted by Crippen LogP contribution is -2.32. The molecule has 0 atom stereocenters. The highest BCUT2D eigenvalue weighted by Crippen LogP contribution is 2.30. The molecule has 2 amide bonds. The van der Waals surface area contributed by atoms with Gasteiger partial charge in [-0.3, -0.25) is 29.4 Å². The van der Waals surface area contributed by atoms with E-state index in [9.17, 15) is 24.5 Å². The van der Waals surface area contributed by atoms with Gasteiger partial charge in [0.1, 0.15) is 11.3 Å². The Bertz CT molecular complexity index is 1010. The molecule has 0 N–H and O–H groups in total. The Morgan fingerprint density at radius 2 is 1.85 bits per heavy atom. The molecular weight excluding hydrogens is 354 g/mol. The van der Waals surface area contributed by atoms with E-state index >= 15 is 0 Å². The van der Waals surface area contributed by atoms with Crippen LogP contribution >= 0.6 is 0 Å². The molecule has 0 saturated carbocycles. The lowest BCUT2D eigenvalue weighted by atomic mass is 10.1. The van der Waals surface area contributed by atoms with E-state index in [1.807, 2.05) is 6.07 Å². The number of esters is 1. The number of ether oxygens (including phenoxy) is 1. The molecule has 0 aliphatic carbocycles. The lowest BCUT2D eigenvalue weighted by Gasteiger charge is -2.13. The minimum atomic E-state index is -0.812. The van der Waals surface area contributed by atoms with Gasteiger partial charge < -0.3 is 4.74 Å². The Morgan fingerprint density at radius 3 is 2.48 bits per heavy atom. The number of carbonyl (C=O) groups excluding carboxylic acids is 3. The van der Waals surface area contributed by atoms with E-state index in [-0.39, 0.29) is 29.8 Å². The number of hydrogen-bond acceptors (Lipinski definition) is 7. The molecule has 134 valence electrons. The van der Waals surface area contributed by atoms with Crippen LogP contribution in [0.4, 0.5) is 5.69 Å². The first kappa shape index (κ1) is 17.8. The maximum Gasteiger partial charge on any atom is 0.312 e. The van der Waals surface area contributed by atoms with Gasteiger partial charge in [0.25, 0.3) is 17.5 Å². The smallest absolute Gasteiger partial charge is 0.312 e. The third-order valence-corrected chi connectivity index (χ3v) is 3.93. The molecule has 0 bridgehead atoms. The van der Waals surface area contributed by atoms with Gasteiger partial charge in [0.2, 0.25) is 0 Å². The zero-order chi connectivity index (χ0) is 19.6. The second-order valence-electron chi connectivity index (χ2n) is 5.58. The number of fused-ring (bicyclic) bond motifs is 1. The summed E-state index contributed by atoms with van der Waals surface area (Å²) in [6.07, 6.45) is -0.279. The van der Waals surface area contributed by atoms with Crippen molar-refractivity contribution in [2.24, 2.45) is 0 Å². The molecule has 9 heteroatoms. The predicted octanol–water partition coefficient (Wildman–Crippen LogP) is 2.06. The monoisotopic (exact) mass is 365 g/mol. The summed E-state index contributed by atoms with van der Waals surface area (Å²) in [6, 6.07) is 11.6. The molecule has 0 saturated heterocycles. The molecule has 1 aliphatic heterocycles.